The van der Waals surface area contributed by atoms with Crippen molar-refractivity contribution in [3.63, 3.8) is 0 Å². The van der Waals surface area contributed by atoms with Crippen molar-refractivity contribution in [2.75, 3.05) is 32.7 Å². The first-order valence-corrected chi connectivity index (χ1v) is 8.83. The lowest BCUT2D eigenvalue weighted by atomic mass is 10.1. The minimum Gasteiger partial charge on any atom is -0.444 e. The van der Waals surface area contributed by atoms with E-state index in [0.717, 1.165) is 32.5 Å². The van der Waals surface area contributed by atoms with E-state index in [1.54, 1.807) is 4.90 Å². The molecule has 0 radical (unpaired) electrons. The zero-order valence-electron chi connectivity index (χ0n) is 14.8. The van der Waals surface area contributed by atoms with Gasteiger partial charge in [0.05, 0.1) is 0 Å². The Bertz CT molecular complexity index is 414. The van der Waals surface area contributed by atoms with Crippen LogP contribution in [-0.4, -0.2) is 66.2 Å². The van der Waals surface area contributed by atoms with Crippen LogP contribution in [0.4, 0.5) is 4.79 Å². The highest BCUT2D eigenvalue weighted by Gasteiger charge is 2.28. The molecule has 0 aliphatic carbocycles. The molecule has 0 spiro atoms. The van der Waals surface area contributed by atoms with Gasteiger partial charge in [0.1, 0.15) is 5.60 Å². The molecular weight excluding hydrogens is 294 g/mol. The number of amides is 2. The van der Waals surface area contributed by atoms with Crippen molar-refractivity contribution in [3.8, 4) is 0 Å². The average molecular weight is 325 g/mol. The first kappa shape index (κ1) is 18.0. The van der Waals surface area contributed by atoms with E-state index in [1.165, 1.54) is 12.8 Å². The number of rotatable bonds is 4. The van der Waals surface area contributed by atoms with Crippen LogP contribution in [0.1, 0.15) is 52.9 Å². The minimum atomic E-state index is -0.483. The van der Waals surface area contributed by atoms with Gasteiger partial charge in [-0.05, 0) is 59.5 Å². The lowest BCUT2D eigenvalue weighted by Crippen LogP contribution is -2.51. The Morgan fingerprint density at radius 3 is 2.48 bits per heavy atom. The molecule has 2 aliphatic heterocycles. The van der Waals surface area contributed by atoms with Crippen molar-refractivity contribution in [1.29, 1.82) is 0 Å². The number of carbonyl (C=O) groups is 2. The summed E-state index contributed by atoms with van der Waals surface area (Å²) in [7, 11) is 0. The molecule has 2 heterocycles. The maximum atomic E-state index is 12.1. The zero-order valence-corrected chi connectivity index (χ0v) is 14.8. The Morgan fingerprint density at radius 2 is 1.83 bits per heavy atom. The topological polar surface area (TPSA) is 61.9 Å². The summed E-state index contributed by atoms with van der Waals surface area (Å²) >= 11 is 0. The highest BCUT2D eigenvalue weighted by atomic mass is 16.6. The number of ether oxygens (including phenoxy) is 1. The van der Waals surface area contributed by atoms with E-state index in [9.17, 15) is 9.59 Å². The lowest BCUT2D eigenvalue weighted by molar-refractivity contribution is -0.122. The van der Waals surface area contributed by atoms with Gasteiger partial charge < -0.3 is 19.9 Å². The van der Waals surface area contributed by atoms with Gasteiger partial charge in [0.15, 0.2) is 0 Å². The third-order valence-corrected chi connectivity index (χ3v) is 4.29. The molecule has 2 aliphatic rings. The van der Waals surface area contributed by atoms with Crippen LogP contribution in [0.15, 0.2) is 0 Å². The number of nitrogens with zero attached hydrogens (tertiary/aromatic N) is 2. The lowest BCUT2D eigenvalue weighted by Gasteiger charge is -2.34. The maximum absolute atomic E-state index is 12.1. The molecule has 2 amide bonds. The second-order valence-corrected chi connectivity index (χ2v) is 7.63. The SMILES string of the molecule is CC(C)(C)OC(=O)N1CCC[C@H](NC(=O)CCN2CCCC2)C1. The maximum Gasteiger partial charge on any atom is 0.410 e. The Labute approximate surface area is 139 Å². The number of hydrogen-bond donors (Lipinski definition) is 1. The third kappa shape index (κ3) is 6.37. The predicted molar refractivity (Wildman–Crippen MR) is 89.3 cm³/mol. The van der Waals surface area contributed by atoms with Gasteiger partial charge >= 0.3 is 6.09 Å². The van der Waals surface area contributed by atoms with E-state index in [4.69, 9.17) is 4.74 Å². The van der Waals surface area contributed by atoms with Crippen LogP contribution in [0.2, 0.25) is 0 Å². The van der Waals surface area contributed by atoms with Crippen LogP contribution < -0.4 is 5.32 Å². The third-order valence-electron chi connectivity index (χ3n) is 4.29. The number of hydrogen-bond acceptors (Lipinski definition) is 4. The molecule has 2 fully saturated rings. The molecule has 1 atom stereocenters. The molecule has 132 valence electrons. The van der Waals surface area contributed by atoms with Gasteiger partial charge in [0.25, 0.3) is 0 Å². The molecule has 2 rings (SSSR count). The van der Waals surface area contributed by atoms with Crippen molar-refractivity contribution < 1.29 is 14.3 Å². The van der Waals surface area contributed by atoms with E-state index in [0.29, 0.717) is 19.5 Å². The molecule has 0 bridgehead atoms. The first-order valence-electron chi connectivity index (χ1n) is 8.83. The second kappa shape index (κ2) is 7.99. The standard InChI is InChI=1S/C17H31N3O3/c1-17(2,3)23-16(22)20-11-6-7-14(13-20)18-15(21)8-12-19-9-4-5-10-19/h14H,4-13H2,1-3H3,(H,18,21)/t14-/m0/s1. The van der Waals surface area contributed by atoms with Crippen molar-refractivity contribution in [3.05, 3.63) is 0 Å². The number of piperidine rings is 1. The van der Waals surface area contributed by atoms with Gasteiger partial charge in [-0.15, -0.1) is 0 Å². The highest BCUT2D eigenvalue weighted by molar-refractivity contribution is 5.76. The second-order valence-electron chi connectivity index (χ2n) is 7.63. The molecule has 6 nitrogen and oxygen atoms in total. The van der Waals surface area contributed by atoms with Gasteiger partial charge in [-0.3, -0.25) is 4.79 Å². The summed E-state index contributed by atoms with van der Waals surface area (Å²) in [5.74, 6) is 0.0907. The summed E-state index contributed by atoms with van der Waals surface area (Å²) < 4.78 is 5.41. The smallest absolute Gasteiger partial charge is 0.410 e. The van der Waals surface area contributed by atoms with Gasteiger partial charge in [0, 0.05) is 32.1 Å². The van der Waals surface area contributed by atoms with E-state index < -0.39 is 5.60 Å². The van der Waals surface area contributed by atoms with E-state index in [2.05, 4.69) is 10.2 Å². The molecule has 23 heavy (non-hydrogen) atoms. The number of carbonyl (C=O) groups excluding carboxylic acids is 2. The monoisotopic (exact) mass is 325 g/mol. The zero-order chi connectivity index (χ0) is 16.9. The van der Waals surface area contributed by atoms with Crippen LogP contribution in [0.5, 0.6) is 0 Å². The Hall–Kier alpha value is -1.30. The van der Waals surface area contributed by atoms with Crippen molar-refractivity contribution in [1.82, 2.24) is 15.1 Å². The molecular formula is C17H31N3O3. The Morgan fingerprint density at radius 1 is 1.13 bits per heavy atom. The summed E-state index contributed by atoms with van der Waals surface area (Å²) in [6.07, 6.45) is 4.58. The van der Waals surface area contributed by atoms with Crippen LogP contribution in [0.25, 0.3) is 0 Å². The van der Waals surface area contributed by atoms with Gasteiger partial charge in [-0.2, -0.15) is 0 Å². The summed E-state index contributed by atoms with van der Waals surface area (Å²) in [4.78, 5) is 28.3. The molecule has 0 aromatic heterocycles. The molecule has 0 aromatic rings. The largest absolute Gasteiger partial charge is 0.444 e. The summed E-state index contributed by atoms with van der Waals surface area (Å²) in [5.41, 5.74) is -0.483. The van der Waals surface area contributed by atoms with E-state index >= 15 is 0 Å². The number of likely N-dealkylation sites (tertiary alicyclic amines) is 2. The van der Waals surface area contributed by atoms with Gasteiger partial charge in [0.2, 0.25) is 5.91 Å². The average Bonchev–Trinajstić information content (AvgIpc) is 2.97. The quantitative estimate of drug-likeness (QED) is 0.859. The van der Waals surface area contributed by atoms with Crippen LogP contribution in [0, 0.1) is 0 Å². The van der Waals surface area contributed by atoms with Gasteiger partial charge in [-0.25, -0.2) is 4.79 Å². The van der Waals surface area contributed by atoms with Crippen molar-refractivity contribution in [2.45, 2.75) is 64.5 Å². The highest BCUT2D eigenvalue weighted by Crippen LogP contribution is 2.15. The van der Waals surface area contributed by atoms with E-state index in [-0.39, 0.29) is 18.0 Å². The van der Waals surface area contributed by atoms with Gasteiger partial charge in [-0.1, -0.05) is 0 Å². The molecule has 6 heteroatoms. The molecule has 0 saturated carbocycles. The molecule has 0 aromatic carbocycles. The van der Waals surface area contributed by atoms with Crippen LogP contribution >= 0.6 is 0 Å². The summed E-state index contributed by atoms with van der Waals surface area (Å²) in [5, 5.41) is 3.08. The fourth-order valence-corrected chi connectivity index (χ4v) is 3.15. The summed E-state index contributed by atoms with van der Waals surface area (Å²) in [6, 6.07) is 0.0438. The molecule has 2 saturated heterocycles. The predicted octanol–water partition coefficient (Wildman–Crippen LogP) is 1.99. The van der Waals surface area contributed by atoms with Crippen LogP contribution in [0.3, 0.4) is 0 Å². The minimum absolute atomic E-state index is 0.0438. The summed E-state index contributed by atoms with van der Waals surface area (Å²) in [6.45, 7) is 9.92. The Kier molecular flexibility index (Phi) is 6.27. The normalized spacial score (nSPS) is 22.9. The first-order chi connectivity index (χ1) is 10.8. The fraction of sp³-hybridized carbons (Fsp3) is 0.882. The Balaban J connectivity index is 1.72. The fourth-order valence-electron chi connectivity index (χ4n) is 3.15. The molecule has 1 N–H and O–H groups in total. The van der Waals surface area contributed by atoms with E-state index in [1.807, 2.05) is 20.8 Å². The molecule has 0 unspecified atom stereocenters. The van der Waals surface area contributed by atoms with Crippen molar-refractivity contribution >= 4 is 12.0 Å². The number of nitrogens with one attached hydrogen (secondary N) is 1. The van der Waals surface area contributed by atoms with Crippen molar-refractivity contribution in [2.24, 2.45) is 0 Å². The van der Waals surface area contributed by atoms with Crippen LogP contribution in [-0.2, 0) is 9.53 Å².